The first-order valence-corrected chi connectivity index (χ1v) is 7.85. The predicted molar refractivity (Wildman–Crippen MR) is 74.1 cm³/mol. The highest BCUT2D eigenvalue weighted by Crippen LogP contribution is 2.63. The largest absolute Gasteiger partial charge is 0.469 e. The van der Waals surface area contributed by atoms with E-state index in [2.05, 4.69) is 13.8 Å². The Balaban J connectivity index is 2.00. The number of rotatable bonds is 1. The zero-order valence-electron chi connectivity index (χ0n) is 12.9. The molecule has 1 heterocycles. The van der Waals surface area contributed by atoms with Crippen molar-refractivity contribution in [3.63, 3.8) is 0 Å². The fourth-order valence-electron chi connectivity index (χ4n) is 5.20. The molecule has 3 rings (SSSR count). The van der Waals surface area contributed by atoms with Crippen molar-refractivity contribution in [2.45, 2.75) is 58.2 Å². The van der Waals surface area contributed by atoms with Crippen molar-refractivity contribution in [1.29, 1.82) is 0 Å². The summed E-state index contributed by atoms with van der Waals surface area (Å²) >= 11 is 0. The van der Waals surface area contributed by atoms with Gasteiger partial charge in [0.05, 0.1) is 25.7 Å². The van der Waals surface area contributed by atoms with Gasteiger partial charge >= 0.3 is 5.97 Å². The number of ether oxygens (including phenoxy) is 3. The standard InChI is InChI=1S/C16H26O4/c1-14(13(17)18-3)7-5-8-15(2)12(14)6-4-9-16(15)19-10-11-20-16/h12H,4-11H2,1-3H3/t12-,14+,15-/m1/s1. The minimum Gasteiger partial charge on any atom is -0.469 e. The summed E-state index contributed by atoms with van der Waals surface area (Å²) in [6, 6.07) is 0. The van der Waals surface area contributed by atoms with Gasteiger partial charge in [-0.15, -0.1) is 0 Å². The highest BCUT2D eigenvalue weighted by Gasteiger charge is 2.65. The van der Waals surface area contributed by atoms with Crippen molar-refractivity contribution >= 4 is 5.97 Å². The summed E-state index contributed by atoms with van der Waals surface area (Å²) in [4.78, 5) is 12.4. The number of hydrogen-bond acceptors (Lipinski definition) is 4. The average molecular weight is 282 g/mol. The number of methoxy groups -OCH3 is 1. The van der Waals surface area contributed by atoms with Crippen LogP contribution in [0.1, 0.15) is 52.4 Å². The van der Waals surface area contributed by atoms with E-state index < -0.39 is 11.2 Å². The first-order chi connectivity index (χ1) is 9.48. The molecule has 3 atom stereocenters. The average Bonchev–Trinajstić information content (AvgIpc) is 2.90. The van der Waals surface area contributed by atoms with Crippen LogP contribution in [0.15, 0.2) is 0 Å². The molecular formula is C16H26O4. The van der Waals surface area contributed by atoms with E-state index in [1.165, 1.54) is 7.11 Å². The van der Waals surface area contributed by atoms with Gasteiger partial charge in [0.1, 0.15) is 0 Å². The number of hydrogen-bond donors (Lipinski definition) is 0. The quantitative estimate of drug-likeness (QED) is 0.694. The van der Waals surface area contributed by atoms with Gasteiger partial charge in [-0.2, -0.15) is 0 Å². The summed E-state index contributed by atoms with van der Waals surface area (Å²) < 4.78 is 17.3. The van der Waals surface area contributed by atoms with Crippen molar-refractivity contribution in [3.8, 4) is 0 Å². The third kappa shape index (κ3) is 1.70. The first-order valence-electron chi connectivity index (χ1n) is 7.85. The summed E-state index contributed by atoms with van der Waals surface area (Å²) in [6.45, 7) is 5.70. The molecule has 1 spiro atoms. The zero-order chi connectivity index (χ0) is 14.4. The Morgan fingerprint density at radius 1 is 1.10 bits per heavy atom. The molecule has 0 radical (unpaired) electrons. The Morgan fingerprint density at radius 3 is 2.45 bits per heavy atom. The van der Waals surface area contributed by atoms with Gasteiger partial charge in [-0.1, -0.05) is 13.3 Å². The molecule has 20 heavy (non-hydrogen) atoms. The van der Waals surface area contributed by atoms with Crippen LogP contribution in [-0.4, -0.2) is 32.1 Å². The second-order valence-electron chi connectivity index (χ2n) is 7.07. The van der Waals surface area contributed by atoms with Crippen molar-refractivity contribution < 1.29 is 19.0 Å². The van der Waals surface area contributed by atoms with Gasteiger partial charge in [-0.05, 0) is 38.5 Å². The van der Waals surface area contributed by atoms with Gasteiger partial charge in [0.2, 0.25) is 0 Å². The van der Waals surface area contributed by atoms with E-state index in [9.17, 15) is 4.79 Å². The second-order valence-corrected chi connectivity index (χ2v) is 7.07. The van der Waals surface area contributed by atoms with Crippen LogP contribution < -0.4 is 0 Å². The molecule has 4 nitrogen and oxygen atoms in total. The molecule has 3 aliphatic rings. The molecule has 0 amide bonds. The van der Waals surface area contributed by atoms with Crippen LogP contribution in [0.5, 0.6) is 0 Å². The Labute approximate surface area is 121 Å². The van der Waals surface area contributed by atoms with Gasteiger partial charge in [-0.25, -0.2) is 0 Å². The lowest BCUT2D eigenvalue weighted by Crippen LogP contribution is -2.61. The summed E-state index contributed by atoms with van der Waals surface area (Å²) in [6.07, 6.45) is 6.11. The third-order valence-corrected chi connectivity index (χ3v) is 6.20. The Bertz CT molecular complexity index is 401. The highest BCUT2D eigenvalue weighted by molar-refractivity contribution is 5.77. The molecule has 1 aliphatic heterocycles. The van der Waals surface area contributed by atoms with Gasteiger partial charge in [0.25, 0.3) is 0 Å². The molecule has 3 fully saturated rings. The van der Waals surface area contributed by atoms with Crippen LogP contribution in [0, 0.1) is 16.7 Å². The summed E-state index contributed by atoms with van der Waals surface area (Å²) in [5, 5.41) is 0. The van der Waals surface area contributed by atoms with Crippen molar-refractivity contribution in [1.82, 2.24) is 0 Å². The highest BCUT2D eigenvalue weighted by atomic mass is 16.7. The lowest BCUT2D eigenvalue weighted by atomic mass is 9.49. The van der Waals surface area contributed by atoms with Crippen LogP contribution in [0.2, 0.25) is 0 Å². The second kappa shape index (κ2) is 4.70. The lowest BCUT2D eigenvalue weighted by molar-refractivity contribution is -0.290. The van der Waals surface area contributed by atoms with E-state index in [-0.39, 0.29) is 17.3 Å². The Kier molecular flexibility index (Phi) is 3.37. The van der Waals surface area contributed by atoms with E-state index in [0.717, 1.165) is 38.5 Å². The van der Waals surface area contributed by atoms with Gasteiger partial charge < -0.3 is 14.2 Å². The van der Waals surface area contributed by atoms with Gasteiger partial charge in [0, 0.05) is 11.8 Å². The number of carbonyl (C=O) groups is 1. The molecule has 0 unspecified atom stereocenters. The molecule has 0 aromatic carbocycles. The molecule has 1 saturated heterocycles. The lowest BCUT2D eigenvalue weighted by Gasteiger charge is -2.59. The summed E-state index contributed by atoms with van der Waals surface area (Å²) in [5.41, 5.74) is -0.479. The number of carbonyl (C=O) groups excluding carboxylic acids is 1. The molecule has 114 valence electrons. The minimum atomic E-state index is -0.467. The molecule has 0 bridgehead atoms. The minimum absolute atomic E-state index is 0.0662. The Morgan fingerprint density at radius 2 is 1.80 bits per heavy atom. The third-order valence-electron chi connectivity index (χ3n) is 6.20. The molecular weight excluding hydrogens is 256 g/mol. The predicted octanol–water partition coefficient (Wildman–Crippen LogP) is 2.90. The summed E-state index contributed by atoms with van der Waals surface area (Å²) in [5.74, 6) is -0.252. The SMILES string of the molecule is COC(=O)[C@@]1(C)CCC[C@]2(C)[C@@H]1CCCC21OCCO1. The summed E-state index contributed by atoms with van der Waals surface area (Å²) in [7, 11) is 1.50. The maximum atomic E-state index is 12.4. The Hall–Kier alpha value is -0.610. The zero-order valence-corrected chi connectivity index (χ0v) is 12.9. The van der Waals surface area contributed by atoms with E-state index >= 15 is 0 Å². The molecule has 4 heteroatoms. The van der Waals surface area contributed by atoms with Crippen LogP contribution in [0.3, 0.4) is 0 Å². The number of fused-ring (bicyclic) bond motifs is 2. The van der Waals surface area contributed by atoms with E-state index in [4.69, 9.17) is 14.2 Å². The van der Waals surface area contributed by atoms with Crippen molar-refractivity contribution in [2.24, 2.45) is 16.7 Å². The van der Waals surface area contributed by atoms with Gasteiger partial charge in [-0.3, -0.25) is 4.79 Å². The van der Waals surface area contributed by atoms with E-state index in [1.807, 2.05) is 0 Å². The first kappa shape index (κ1) is 14.3. The topological polar surface area (TPSA) is 44.8 Å². The molecule has 0 aromatic rings. The maximum absolute atomic E-state index is 12.4. The van der Waals surface area contributed by atoms with E-state index in [1.54, 1.807) is 0 Å². The normalized spacial score (nSPS) is 43.2. The number of esters is 1. The van der Waals surface area contributed by atoms with Gasteiger partial charge in [0.15, 0.2) is 5.79 Å². The van der Waals surface area contributed by atoms with Crippen molar-refractivity contribution in [2.75, 3.05) is 20.3 Å². The van der Waals surface area contributed by atoms with Crippen LogP contribution in [0.25, 0.3) is 0 Å². The van der Waals surface area contributed by atoms with Crippen LogP contribution in [0.4, 0.5) is 0 Å². The fraction of sp³-hybridized carbons (Fsp3) is 0.938. The van der Waals surface area contributed by atoms with E-state index in [0.29, 0.717) is 13.2 Å². The molecule has 2 saturated carbocycles. The van der Waals surface area contributed by atoms with Crippen LogP contribution >= 0.6 is 0 Å². The monoisotopic (exact) mass is 282 g/mol. The van der Waals surface area contributed by atoms with Crippen LogP contribution in [-0.2, 0) is 19.0 Å². The fourth-order valence-corrected chi connectivity index (χ4v) is 5.20. The smallest absolute Gasteiger partial charge is 0.311 e. The molecule has 0 aromatic heterocycles. The van der Waals surface area contributed by atoms with Crippen molar-refractivity contribution in [3.05, 3.63) is 0 Å². The maximum Gasteiger partial charge on any atom is 0.311 e. The molecule has 0 N–H and O–H groups in total. The molecule has 2 aliphatic carbocycles.